The van der Waals surface area contributed by atoms with E-state index in [1.54, 1.807) is 6.92 Å². The predicted molar refractivity (Wildman–Crippen MR) is 36.5 cm³/mol. The molecule has 0 aromatic carbocycles. The molecule has 0 amide bonds. The fourth-order valence-electron chi connectivity index (χ4n) is 0.328. The molecule has 9 heavy (non-hydrogen) atoms. The SMILES string of the molecule is CNS(=O)(=O)C(C)CN. The predicted octanol–water partition coefficient (Wildman–Crippen LogP) is -1.12. The highest BCUT2D eigenvalue weighted by atomic mass is 32.2. The minimum Gasteiger partial charge on any atom is -0.329 e. The lowest BCUT2D eigenvalue weighted by Crippen LogP contribution is -2.34. The topological polar surface area (TPSA) is 72.2 Å². The molecular formula is C4H12N2O2S. The van der Waals surface area contributed by atoms with E-state index in [1.165, 1.54) is 7.05 Å². The monoisotopic (exact) mass is 152 g/mol. The largest absolute Gasteiger partial charge is 0.329 e. The van der Waals surface area contributed by atoms with E-state index in [2.05, 4.69) is 4.72 Å². The molecule has 56 valence electrons. The van der Waals surface area contributed by atoms with Gasteiger partial charge in [-0.05, 0) is 14.0 Å². The Hall–Kier alpha value is -0.130. The van der Waals surface area contributed by atoms with Crippen LogP contribution in [-0.4, -0.2) is 27.3 Å². The van der Waals surface area contributed by atoms with Gasteiger partial charge in [0.1, 0.15) is 0 Å². The molecule has 0 saturated heterocycles. The van der Waals surface area contributed by atoms with Gasteiger partial charge in [0, 0.05) is 6.54 Å². The van der Waals surface area contributed by atoms with Crippen molar-refractivity contribution in [3.63, 3.8) is 0 Å². The first-order valence-corrected chi connectivity index (χ1v) is 4.21. The lowest BCUT2D eigenvalue weighted by atomic mass is 10.5. The summed E-state index contributed by atoms with van der Waals surface area (Å²) in [5, 5.41) is -0.498. The summed E-state index contributed by atoms with van der Waals surface area (Å²) in [6.45, 7) is 1.72. The van der Waals surface area contributed by atoms with Gasteiger partial charge in [-0.3, -0.25) is 0 Å². The maximum atomic E-state index is 10.7. The normalized spacial score (nSPS) is 15.4. The maximum absolute atomic E-state index is 10.7. The molecule has 0 aliphatic carbocycles. The highest BCUT2D eigenvalue weighted by Gasteiger charge is 2.15. The van der Waals surface area contributed by atoms with Crippen LogP contribution in [0.2, 0.25) is 0 Å². The molecule has 4 nitrogen and oxygen atoms in total. The number of nitrogens with one attached hydrogen (secondary N) is 1. The first-order chi connectivity index (χ1) is 4.04. The lowest BCUT2D eigenvalue weighted by Gasteiger charge is -2.07. The second kappa shape index (κ2) is 3.14. The third kappa shape index (κ3) is 2.30. The summed E-state index contributed by atoms with van der Waals surface area (Å²) in [6.07, 6.45) is 0. The Labute approximate surface area is 55.5 Å². The average Bonchev–Trinajstić information content (AvgIpc) is 1.86. The van der Waals surface area contributed by atoms with Gasteiger partial charge in [0.15, 0.2) is 0 Å². The number of hydrogen-bond donors (Lipinski definition) is 2. The van der Waals surface area contributed by atoms with Gasteiger partial charge in [-0.15, -0.1) is 0 Å². The molecule has 1 atom stereocenters. The summed E-state index contributed by atoms with van der Waals surface area (Å²) in [7, 11) is -1.75. The van der Waals surface area contributed by atoms with E-state index in [4.69, 9.17) is 5.73 Å². The van der Waals surface area contributed by atoms with Crippen LogP contribution < -0.4 is 10.5 Å². The van der Waals surface area contributed by atoms with Crippen molar-refractivity contribution in [3.8, 4) is 0 Å². The van der Waals surface area contributed by atoms with Crippen molar-refractivity contribution in [1.29, 1.82) is 0 Å². The second-order valence-corrected chi connectivity index (χ2v) is 4.10. The van der Waals surface area contributed by atoms with E-state index in [0.29, 0.717) is 0 Å². The molecule has 3 N–H and O–H groups in total. The van der Waals surface area contributed by atoms with Crippen LogP contribution in [0, 0.1) is 0 Å². The van der Waals surface area contributed by atoms with Crippen LogP contribution in [0.4, 0.5) is 0 Å². The molecule has 0 aromatic rings. The Balaban J connectivity index is 4.17. The average molecular weight is 152 g/mol. The molecule has 1 unspecified atom stereocenters. The van der Waals surface area contributed by atoms with Crippen LogP contribution in [0.1, 0.15) is 6.92 Å². The number of nitrogens with two attached hydrogens (primary N) is 1. The minimum absolute atomic E-state index is 0.156. The van der Waals surface area contributed by atoms with Gasteiger partial charge in [-0.25, -0.2) is 13.1 Å². The van der Waals surface area contributed by atoms with Crippen LogP contribution >= 0.6 is 0 Å². The van der Waals surface area contributed by atoms with E-state index < -0.39 is 15.3 Å². The Morgan fingerprint density at radius 2 is 2.11 bits per heavy atom. The molecular weight excluding hydrogens is 140 g/mol. The summed E-state index contributed by atoms with van der Waals surface area (Å²) in [4.78, 5) is 0. The summed E-state index contributed by atoms with van der Waals surface area (Å²) in [5.41, 5.74) is 5.11. The highest BCUT2D eigenvalue weighted by Crippen LogP contribution is 1.92. The van der Waals surface area contributed by atoms with Crippen molar-refractivity contribution in [2.75, 3.05) is 13.6 Å². The van der Waals surface area contributed by atoms with Crippen molar-refractivity contribution < 1.29 is 8.42 Å². The Kier molecular flexibility index (Phi) is 3.10. The van der Waals surface area contributed by atoms with Crippen LogP contribution in [0.5, 0.6) is 0 Å². The van der Waals surface area contributed by atoms with E-state index in [-0.39, 0.29) is 6.54 Å². The molecule has 0 aliphatic heterocycles. The van der Waals surface area contributed by atoms with E-state index in [1.807, 2.05) is 0 Å². The first kappa shape index (κ1) is 8.87. The quantitative estimate of drug-likeness (QED) is 0.538. The van der Waals surface area contributed by atoms with Crippen molar-refractivity contribution >= 4 is 10.0 Å². The zero-order chi connectivity index (χ0) is 7.49. The summed E-state index contributed by atoms with van der Waals surface area (Å²) in [6, 6.07) is 0. The van der Waals surface area contributed by atoms with Gasteiger partial charge in [0.05, 0.1) is 5.25 Å². The molecule has 0 aromatic heterocycles. The van der Waals surface area contributed by atoms with E-state index in [9.17, 15) is 8.42 Å². The van der Waals surface area contributed by atoms with Crippen molar-refractivity contribution in [1.82, 2.24) is 4.72 Å². The zero-order valence-electron chi connectivity index (χ0n) is 5.59. The molecule has 0 spiro atoms. The van der Waals surface area contributed by atoms with Gasteiger partial charge in [-0.1, -0.05) is 0 Å². The molecule has 0 fully saturated rings. The van der Waals surface area contributed by atoms with Gasteiger partial charge < -0.3 is 5.73 Å². The zero-order valence-corrected chi connectivity index (χ0v) is 6.40. The fraction of sp³-hybridized carbons (Fsp3) is 1.00. The van der Waals surface area contributed by atoms with Gasteiger partial charge in [-0.2, -0.15) is 0 Å². The molecule has 0 aliphatic rings. The van der Waals surface area contributed by atoms with Crippen molar-refractivity contribution in [2.45, 2.75) is 12.2 Å². The van der Waals surface area contributed by atoms with Gasteiger partial charge in [0.2, 0.25) is 10.0 Å². The van der Waals surface area contributed by atoms with Crippen LogP contribution in [0.25, 0.3) is 0 Å². The molecule has 0 heterocycles. The molecule has 0 rings (SSSR count). The van der Waals surface area contributed by atoms with Crippen LogP contribution in [-0.2, 0) is 10.0 Å². The van der Waals surface area contributed by atoms with Gasteiger partial charge in [0.25, 0.3) is 0 Å². The standard InChI is InChI=1S/C4H12N2O2S/c1-4(3-5)9(7,8)6-2/h4,6H,3,5H2,1-2H3. The van der Waals surface area contributed by atoms with Crippen LogP contribution in [0.3, 0.4) is 0 Å². The fourth-order valence-corrected chi connectivity index (χ4v) is 0.984. The summed E-state index contributed by atoms with van der Waals surface area (Å²) in [5.74, 6) is 0. The summed E-state index contributed by atoms with van der Waals surface area (Å²) >= 11 is 0. The summed E-state index contributed by atoms with van der Waals surface area (Å²) < 4.78 is 23.7. The lowest BCUT2D eigenvalue weighted by molar-refractivity contribution is 0.576. The van der Waals surface area contributed by atoms with Crippen molar-refractivity contribution in [3.05, 3.63) is 0 Å². The van der Waals surface area contributed by atoms with Crippen molar-refractivity contribution in [2.24, 2.45) is 5.73 Å². The molecule has 0 saturated carbocycles. The molecule has 5 heteroatoms. The second-order valence-electron chi connectivity index (χ2n) is 1.80. The maximum Gasteiger partial charge on any atom is 0.215 e. The Morgan fingerprint density at radius 3 is 2.22 bits per heavy atom. The first-order valence-electron chi connectivity index (χ1n) is 2.67. The Bertz CT molecular complexity index is 163. The van der Waals surface area contributed by atoms with E-state index in [0.717, 1.165) is 0 Å². The third-order valence-corrected chi connectivity index (χ3v) is 2.97. The number of sulfonamides is 1. The molecule has 0 radical (unpaired) electrons. The minimum atomic E-state index is -3.12. The molecule has 0 bridgehead atoms. The number of rotatable bonds is 3. The Morgan fingerprint density at radius 1 is 1.67 bits per heavy atom. The number of hydrogen-bond acceptors (Lipinski definition) is 3. The smallest absolute Gasteiger partial charge is 0.215 e. The van der Waals surface area contributed by atoms with Crippen LogP contribution in [0.15, 0.2) is 0 Å². The van der Waals surface area contributed by atoms with Gasteiger partial charge >= 0.3 is 0 Å². The highest BCUT2D eigenvalue weighted by molar-refractivity contribution is 7.90. The third-order valence-electron chi connectivity index (χ3n) is 1.15. The van der Waals surface area contributed by atoms with E-state index >= 15 is 0 Å².